The molecule has 0 fully saturated rings. The number of nitrogens with zero attached hydrogens (tertiary/aromatic N) is 1. The quantitative estimate of drug-likeness (QED) is 0.453. The van der Waals surface area contributed by atoms with Gasteiger partial charge in [-0.2, -0.15) is 21.6 Å². The van der Waals surface area contributed by atoms with Crippen LogP contribution in [0.1, 0.15) is 5.56 Å². The minimum Gasteiger partial charge on any atom is -0.375 e. The average Bonchev–Trinajstić information content (AvgIpc) is 2.55. The van der Waals surface area contributed by atoms with E-state index in [1.807, 2.05) is 0 Å². The van der Waals surface area contributed by atoms with Gasteiger partial charge in [-0.15, -0.1) is 0 Å². The molecule has 0 radical (unpaired) electrons. The number of fused-ring (bicyclic) bond motifs is 1. The van der Waals surface area contributed by atoms with E-state index < -0.39 is 21.4 Å². The monoisotopic (exact) mass is 401 g/mol. The summed E-state index contributed by atoms with van der Waals surface area (Å²) in [6, 6.07) is 10.9. The first-order valence-corrected chi connectivity index (χ1v) is 9.04. The Hall–Kier alpha value is -2.32. The minimum atomic E-state index is -5.83. The Morgan fingerprint density at radius 2 is 1.77 bits per heavy atom. The fraction of sp³-hybridized carbons (Fsp3) is 0.118. The molecular weight excluding hydrogens is 391 g/mol. The second kappa shape index (κ2) is 6.44. The van der Waals surface area contributed by atoms with Crippen molar-refractivity contribution in [2.75, 3.05) is 0 Å². The van der Waals surface area contributed by atoms with Crippen molar-refractivity contribution in [2.24, 2.45) is 0 Å². The molecular formula is C17H11ClF3NO3S. The highest BCUT2D eigenvalue weighted by Gasteiger charge is 2.49. The molecule has 136 valence electrons. The molecule has 0 aliphatic heterocycles. The van der Waals surface area contributed by atoms with Gasteiger partial charge in [0.1, 0.15) is 0 Å². The summed E-state index contributed by atoms with van der Waals surface area (Å²) in [4.78, 5) is 4.18. The smallest absolute Gasteiger partial charge is 0.375 e. The van der Waals surface area contributed by atoms with Crippen LogP contribution < -0.4 is 4.18 Å². The van der Waals surface area contributed by atoms with Gasteiger partial charge in [0, 0.05) is 22.2 Å². The predicted molar refractivity (Wildman–Crippen MR) is 92.5 cm³/mol. The molecule has 3 rings (SSSR count). The van der Waals surface area contributed by atoms with Crippen LogP contribution in [0.5, 0.6) is 5.75 Å². The number of pyridine rings is 1. The van der Waals surface area contributed by atoms with Gasteiger partial charge in [-0.3, -0.25) is 4.98 Å². The molecule has 0 amide bonds. The van der Waals surface area contributed by atoms with Crippen molar-refractivity contribution in [3.8, 4) is 16.9 Å². The van der Waals surface area contributed by atoms with Gasteiger partial charge in [0.05, 0.1) is 5.52 Å². The zero-order chi connectivity index (χ0) is 19.1. The van der Waals surface area contributed by atoms with Crippen LogP contribution in [-0.2, 0) is 10.1 Å². The first-order valence-electron chi connectivity index (χ1n) is 7.25. The lowest BCUT2D eigenvalue weighted by Gasteiger charge is -2.17. The molecule has 0 saturated heterocycles. The normalized spacial score (nSPS) is 12.3. The van der Waals surface area contributed by atoms with Crippen molar-refractivity contribution >= 4 is 32.6 Å². The molecule has 0 bridgehead atoms. The first-order chi connectivity index (χ1) is 12.1. The molecule has 0 aliphatic carbocycles. The number of aryl methyl sites for hydroxylation is 1. The van der Waals surface area contributed by atoms with Crippen LogP contribution in [0.4, 0.5) is 13.2 Å². The Bertz CT molecular complexity index is 1080. The predicted octanol–water partition coefficient (Wildman–Crippen LogP) is 5.09. The SMILES string of the molecule is Cc1cc2ncccc2c(-c2ccc(Cl)cc2)c1OS(=O)(=O)C(F)(F)F. The van der Waals surface area contributed by atoms with Gasteiger partial charge >= 0.3 is 15.6 Å². The molecule has 1 aromatic heterocycles. The largest absolute Gasteiger partial charge is 0.534 e. The molecule has 0 N–H and O–H groups in total. The molecule has 4 nitrogen and oxygen atoms in total. The highest BCUT2D eigenvalue weighted by molar-refractivity contribution is 7.88. The number of aromatic nitrogens is 1. The molecule has 26 heavy (non-hydrogen) atoms. The van der Waals surface area contributed by atoms with Crippen LogP contribution in [0.15, 0.2) is 48.7 Å². The maximum Gasteiger partial charge on any atom is 0.534 e. The fourth-order valence-corrected chi connectivity index (χ4v) is 3.16. The Morgan fingerprint density at radius 3 is 2.38 bits per heavy atom. The lowest BCUT2D eigenvalue weighted by atomic mass is 9.97. The number of rotatable bonds is 3. The van der Waals surface area contributed by atoms with Crippen molar-refractivity contribution in [3.05, 3.63) is 59.2 Å². The molecule has 0 aliphatic rings. The van der Waals surface area contributed by atoms with Crippen molar-refractivity contribution in [3.63, 3.8) is 0 Å². The molecule has 9 heteroatoms. The highest BCUT2D eigenvalue weighted by Crippen LogP contribution is 2.41. The Kier molecular flexibility index (Phi) is 4.58. The van der Waals surface area contributed by atoms with Crippen molar-refractivity contribution in [2.45, 2.75) is 12.4 Å². The highest BCUT2D eigenvalue weighted by atomic mass is 35.5. The summed E-state index contributed by atoms with van der Waals surface area (Å²) in [6.45, 7) is 1.45. The fourth-order valence-electron chi connectivity index (χ4n) is 2.50. The molecule has 1 heterocycles. The lowest BCUT2D eigenvalue weighted by molar-refractivity contribution is -0.0499. The average molecular weight is 402 g/mol. The van der Waals surface area contributed by atoms with Gasteiger partial charge in [0.15, 0.2) is 5.75 Å². The third-order valence-electron chi connectivity index (χ3n) is 3.66. The number of benzene rings is 2. The standard InChI is InChI=1S/C17H11ClF3NO3S/c1-10-9-14-13(3-2-8-22-14)15(11-4-6-12(18)7-5-11)16(10)25-26(23,24)17(19,20)21/h2-9H,1H3. The zero-order valence-corrected chi connectivity index (χ0v) is 14.8. The van der Waals surface area contributed by atoms with Crippen molar-refractivity contribution in [1.82, 2.24) is 4.98 Å². The van der Waals surface area contributed by atoms with E-state index in [0.29, 0.717) is 21.5 Å². The van der Waals surface area contributed by atoms with E-state index in [9.17, 15) is 21.6 Å². The third kappa shape index (κ3) is 3.34. The van der Waals surface area contributed by atoms with Crippen LogP contribution in [0.3, 0.4) is 0 Å². The summed E-state index contributed by atoms with van der Waals surface area (Å²) in [7, 11) is -5.83. The second-order valence-electron chi connectivity index (χ2n) is 5.46. The molecule has 3 aromatic rings. The van der Waals surface area contributed by atoms with Crippen LogP contribution in [0.25, 0.3) is 22.0 Å². The minimum absolute atomic E-state index is 0.192. The summed E-state index contributed by atoms with van der Waals surface area (Å²) in [6.07, 6.45) is 1.53. The zero-order valence-electron chi connectivity index (χ0n) is 13.2. The summed E-state index contributed by atoms with van der Waals surface area (Å²) in [5, 5.41) is 0.877. The first kappa shape index (κ1) is 18.5. The number of alkyl halides is 3. The summed E-state index contributed by atoms with van der Waals surface area (Å²) in [5.74, 6) is -0.398. The Labute approximate surface area is 152 Å². The maximum absolute atomic E-state index is 12.8. The van der Waals surface area contributed by atoms with Crippen LogP contribution in [0, 0.1) is 6.92 Å². The van der Waals surface area contributed by atoms with E-state index in [1.165, 1.54) is 19.2 Å². The van der Waals surface area contributed by atoms with E-state index in [4.69, 9.17) is 11.6 Å². The number of hydrogen-bond donors (Lipinski definition) is 0. The molecule has 0 saturated carbocycles. The van der Waals surface area contributed by atoms with Gasteiger partial charge in [-0.1, -0.05) is 29.8 Å². The van der Waals surface area contributed by atoms with Gasteiger partial charge in [-0.25, -0.2) is 0 Å². The third-order valence-corrected chi connectivity index (χ3v) is 4.86. The summed E-state index contributed by atoms with van der Waals surface area (Å²) >= 11 is 5.87. The summed E-state index contributed by atoms with van der Waals surface area (Å²) in [5.41, 5.74) is -4.21. The van der Waals surface area contributed by atoms with Crippen LogP contribution >= 0.6 is 11.6 Å². The van der Waals surface area contributed by atoms with E-state index in [2.05, 4.69) is 9.17 Å². The Morgan fingerprint density at radius 1 is 1.12 bits per heavy atom. The van der Waals surface area contributed by atoms with Crippen LogP contribution in [0.2, 0.25) is 5.02 Å². The van der Waals surface area contributed by atoms with Crippen LogP contribution in [-0.4, -0.2) is 18.9 Å². The lowest BCUT2D eigenvalue weighted by Crippen LogP contribution is -2.28. The van der Waals surface area contributed by atoms with Crippen molar-refractivity contribution in [1.29, 1.82) is 0 Å². The molecule has 0 unspecified atom stereocenters. The van der Waals surface area contributed by atoms with Gasteiger partial charge in [-0.05, 0) is 42.3 Å². The molecule has 0 atom stereocenters. The topological polar surface area (TPSA) is 56.3 Å². The van der Waals surface area contributed by atoms with Gasteiger partial charge in [0.2, 0.25) is 0 Å². The number of halogens is 4. The van der Waals surface area contributed by atoms with Gasteiger partial charge in [0.25, 0.3) is 0 Å². The van der Waals surface area contributed by atoms with E-state index in [-0.39, 0.29) is 11.1 Å². The van der Waals surface area contributed by atoms with Gasteiger partial charge < -0.3 is 4.18 Å². The molecule has 0 spiro atoms. The summed E-state index contributed by atoms with van der Waals surface area (Å²) < 4.78 is 66.1. The van der Waals surface area contributed by atoms with E-state index in [0.717, 1.165) is 0 Å². The maximum atomic E-state index is 12.8. The number of hydrogen-bond acceptors (Lipinski definition) is 4. The van der Waals surface area contributed by atoms with E-state index >= 15 is 0 Å². The van der Waals surface area contributed by atoms with Crippen molar-refractivity contribution < 1.29 is 25.8 Å². The van der Waals surface area contributed by atoms with E-state index in [1.54, 1.807) is 36.4 Å². The molecule has 2 aromatic carbocycles. The Balaban J connectivity index is 2.33. The second-order valence-corrected chi connectivity index (χ2v) is 7.43.